The van der Waals surface area contributed by atoms with Crippen molar-refractivity contribution in [2.75, 3.05) is 0 Å². The van der Waals surface area contributed by atoms with Gasteiger partial charge in [0.05, 0.1) is 4.90 Å². The first kappa shape index (κ1) is 19.0. The maximum Gasteiger partial charge on any atom is 0.341 e. The first-order valence-corrected chi connectivity index (χ1v) is 8.27. The quantitative estimate of drug-likeness (QED) is 0.785. The number of hydrogen-bond acceptors (Lipinski definition) is 4. The summed E-state index contributed by atoms with van der Waals surface area (Å²) in [6.45, 7) is 3.11. The van der Waals surface area contributed by atoms with Crippen LogP contribution in [0.5, 0.6) is 0 Å². The number of carboxylic acid groups (broad SMARTS) is 1. The minimum absolute atomic E-state index is 0.0261. The van der Waals surface area contributed by atoms with Gasteiger partial charge in [0.25, 0.3) is 5.91 Å². The molecule has 0 aromatic heterocycles. The first-order valence-electron chi connectivity index (χ1n) is 6.72. The summed E-state index contributed by atoms with van der Waals surface area (Å²) in [6.07, 6.45) is 0.723. The van der Waals surface area contributed by atoms with Crippen LogP contribution in [0.1, 0.15) is 37.0 Å². The lowest BCUT2D eigenvalue weighted by Crippen LogP contribution is -2.52. The Morgan fingerprint density at radius 2 is 1.78 bits per heavy atom. The number of benzene rings is 1. The molecule has 0 saturated carbocycles. The standard InChI is InChI=1S/C14H17F2NO5S/c1-3-8-14(2,12(19)20)17-11(18)9-4-6-10(7-5-9)23(21,22)13(15)16/h4-7,13H,3,8H2,1-2H3,(H,17,18)(H,19,20). The van der Waals surface area contributed by atoms with Crippen molar-refractivity contribution >= 4 is 21.7 Å². The van der Waals surface area contributed by atoms with Crippen LogP contribution in [0.2, 0.25) is 0 Å². The van der Waals surface area contributed by atoms with Gasteiger partial charge in [-0.3, -0.25) is 4.79 Å². The predicted molar refractivity (Wildman–Crippen MR) is 78.0 cm³/mol. The van der Waals surface area contributed by atoms with Crippen LogP contribution in [-0.2, 0) is 14.6 Å². The molecule has 0 bridgehead atoms. The second-order valence-corrected chi connectivity index (χ2v) is 7.09. The van der Waals surface area contributed by atoms with Gasteiger partial charge in [0, 0.05) is 5.56 Å². The normalized spacial score (nSPS) is 14.3. The molecule has 23 heavy (non-hydrogen) atoms. The molecule has 0 saturated heterocycles. The molecule has 0 aliphatic heterocycles. The maximum absolute atomic E-state index is 12.4. The molecule has 1 aromatic carbocycles. The zero-order valence-corrected chi connectivity index (χ0v) is 13.4. The molecule has 0 aliphatic carbocycles. The third-order valence-corrected chi connectivity index (χ3v) is 4.69. The molecule has 9 heteroatoms. The molecule has 0 fully saturated rings. The molecule has 2 N–H and O–H groups in total. The molecule has 1 amide bonds. The Balaban J connectivity index is 3.01. The number of carbonyl (C=O) groups excluding carboxylic acids is 1. The van der Waals surface area contributed by atoms with E-state index in [0.29, 0.717) is 6.42 Å². The van der Waals surface area contributed by atoms with Crippen molar-refractivity contribution in [2.45, 2.75) is 42.9 Å². The molecular formula is C14H17F2NO5S. The van der Waals surface area contributed by atoms with Crippen LogP contribution >= 0.6 is 0 Å². The van der Waals surface area contributed by atoms with Crippen molar-refractivity contribution in [1.29, 1.82) is 0 Å². The molecule has 1 unspecified atom stereocenters. The zero-order valence-electron chi connectivity index (χ0n) is 12.5. The van der Waals surface area contributed by atoms with Crippen LogP contribution in [0.4, 0.5) is 8.78 Å². The van der Waals surface area contributed by atoms with Crippen LogP contribution in [0, 0.1) is 0 Å². The summed E-state index contributed by atoms with van der Waals surface area (Å²) in [6, 6.07) is 3.88. The average Bonchev–Trinajstić information content (AvgIpc) is 2.47. The van der Waals surface area contributed by atoms with Gasteiger partial charge in [-0.25, -0.2) is 13.2 Å². The van der Waals surface area contributed by atoms with Gasteiger partial charge < -0.3 is 10.4 Å². The van der Waals surface area contributed by atoms with E-state index < -0.39 is 37.9 Å². The molecule has 0 heterocycles. The molecule has 0 radical (unpaired) electrons. The lowest BCUT2D eigenvalue weighted by molar-refractivity contribution is -0.144. The number of carboxylic acids is 1. The van der Waals surface area contributed by atoms with E-state index in [4.69, 9.17) is 0 Å². The fourth-order valence-electron chi connectivity index (χ4n) is 1.94. The summed E-state index contributed by atoms with van der Waals surface area (Å²) in [5, 5.41) is 11.5. The van der Waals surface area contributed by atoms with E-state index >= 15 is 0 Å². The van der Waals surface area contributed by atoms with Gasteiger partial charge in [0.15, 0.2) is 0 Å². The topological polar surface area (TPSA) is 101 Å². The number of alkyl halides is 2. The second kappa shape index (κ2) is 7.03. The second-order valence-electron chi connectivity index (χ2n) is 5.17. The van der Waals surface area contributed by atoms with Gasteiger partial charge in [-0.15, -0.1) is 0 Å². The van der Waals surface area contributed by atoms with E-state index in [-0.39, 0.29) is 12.0 Å². The minimum Gasteiger partial charge on any atom is -0.480 e. The number of halogens is 2. The highest BCUT2D eigenvalue weighted by molar-refractivity contribution is 7.91. The van der Waals surface area contributed by atoms with Crippen LogP contribution in [-0.4, -0.2) is 36.7 Å². The number of rotatable bonds is 7. The third-order valence-electron chi connectivity index (χ3n) is 3.29. The van der Waals surface area contributed by atoms with Crippen molar-refractivity contribution in [2.24, 2.45) is 0 Å². The van der Waals surface area contributed by atoms with Crippen molar-refractivity contribution in [3.8, 4) is 0 Å². The molecule has 1 rings (SSSR count). The van der Waals surface area contributed by atoms with E-state index in [2.05, 4.69) is 5.32 Å². The van der Waals surface area contributed by atoms with Gasteiger partial charge in [-0.2, -0.15) is 8.78 Å². The Bertz CT molecular complexity index is 688. The number of carbonyl (C=O) groups is 2. The van der Waals surface area contributed by atoms with E-state index in [1.54, 1.807) is 6.92 Å². The summed E-state index contributed by atoms with van der Waals surface area (Å²) >= 11 is 0. The van der Waals surface area contributed by atoms with Gasteiger partial charge in [0.1, 0.15) is 5.54 Å². The monoisotopic (exact) mass is 349 g/mol. The summed E-state index contributed by atoms with van der Waals surface area (Å²) < 4.78 is 47.4. The van der Waals surface area contributed by atoms with Crippen LogP contribution in [0.15, 0.2) is 29.2 Å². The van der Waals surface area contributed by atoms with Gasteiger partial charge in [-0.05, 0) is 37.6 Å². The molecule has 128 valence electrons. The zero-order chi connectivity index (χ0) is 17.8. The molecular weight excluding hydrogens is 332 g/mol. The van der Waals surface area contributed by atoms with E-state index in [0.717, 1.165) is 24.3 Å². The number of aliphatic carboxylic acids is 1. The summed E-state index contributed by atoms with van der Waals surface area (Å²) in [5.41, 5.74) is -1.50. The first-order chi connectivity index (χ1) is 10.5. The Morgan fingerprint density at radius 3 is 2.17 bits per heavy atom. The average molecular weight is 349 g/mol. The Morgan fingerprint density at radius 1 is 1.26 bits per heavy atom. The lowest BCUT2D eigenvalue weighted by Gasteiger charge is -2.25. The highest BCUT2D eigenvalue weighted by atomic mass is 32.2. The SMILES string of the molecule is CCCC(C)(NC(=O)c1ccc(S(=O)(=O)C(F)F)cc1)C(=O)O. The maximum atomic E-state index is 12.4. The van der Waals surface area contributed by atoms with Crippen molar-refractivity contribution < 1.29 is 31.9 Å². The Kier molecular flexibility index (Phi) is 5.81. The largest absolute Gasteiger partial charge is 0.480 e. The summed E-state index contributed by atoms with van der Waals surface area (Å²) in [7, 11) is -4.74. The van der Waals surface area contributed by atoms with Crippen LogP contribution in [0.3, 0.4) is 0 Å². The van der Waals surface area contributed by atoms with E-state index in [1.807, 2.05) is 0 Å². The van der Waals surface area contributed by atoms with Gasteiger partial charge >= 0.3 is 11.7 Å². The highest BCUT2D eigenvalue weighted by Gasteiger charge is 2.34. The summed E-state index contributed by atoms with van der Waals surface area (Å²) in [5.74, 6) is -5.49. The summed E-state index contributed by atoms with van der Waals surface area (Å²) in [4.78, 5) is 22.7. The molecule has 6 nitrogen and oxygen atoms in total. The minimum atomic E-state index is -4.74. The molecule has 0 spiro atoms. The Labute approximate surface area is 132 Å². The molecule has 1 atom stereocenters. The van der Waals surface area contributed by atoms with Crippen LogP contribution < -0.4 is 5.32 Å². The van der Waals surface area contributed by atoms with E-state index in [1.165, 1.54) is 6.92 Å². The number of hydrogen-bond donors (Lipinski definition) is 2. The van der Waals surface area contributed by atoms with Crippen molar-refractivity contribution in [3.05, 3.63) is 29.8 Å². The smallest absolute Gasteiger partial charge is 0.341 e. The van der Waals surface area contributed by atoms with Gasteiger partial charge in [0.2, 0.25) is 9.84 Å². The van der Waals surface area contributed by atoms with Crippen LogP contribution in [0.25, 0.3) is 0 Å². The number of sulfone groups is 1. The fourth-order valence-corrected chi connectivity index (χ4v) is 2.67. The Hall–Kier alpha value is -2.03. The highest BCUT2D eigenvalue weighted by Crippen LogP contribution is 2.19. The number of amides is 1. The lowest BCUT2D eigenvalue weighted by atomic mass is 9.96. The van der Waals surface area contributed by atoms with Gasteiger partial charge in [-0.1, -0.05) is 13.3 Å². The predicted octanol–water partition coefficient (Wildman–Crippen LogP) is 2.06. The fraction of sp³-hybridized carbons (Fsp3) is 0.429. The van der Waals surface area contributed by atoms with E-state index in [9.17, 15) is 31.9 Å². The third kappa shape index (κ3) is 4.25. The molecule has 0 aliphatic rings. The number of nitrogens with one attached hydrogen (secondary N) is 1. The van der Waals surface area contributed by atoms with Crippen molar-refractivity contribution in [1.82, 2.24) is 5.32 Å². The molecule has 1 aromatic rings. The van der Waals surface area contributed by atoms with Crippen molar-refractivity contribution in [3.63, 3.8) is 0 Å².